The molecule has 1 aromatic heterocycles. The molecule has 1 aromatic carbocycles. The molecule has 2 aliphatic heterocycles. The molecular formula is C26H31FN4O4. The van der Waals surface area contributed by atoms with Crippen LogP contribution in [0.4, 0.5) is 10.2 Å². The van der Waals surface area contributed by atoms with Gasteiger partial charge in [0.25, 0.3) is 11.8 Å². The molecule has 1 unspecified atom stereocenters. The Labute approximate surface area is 204 Å². The molecule has 4 rings (SSSR count). The zero-order valence-corrected chi connectivity index (χ0v) is 20.6. The molecule has 2 aromatic rings. The van der Waals surface area contributed by atoms with E-state index < -0.39 is 17.6 Å². The monoisotopic (exact) mass is 482 g/mol. The summed E-state index contributed by atoms with van der Waals surface area (Å²) in [5.74, 6) is -1.06. The van der Waals surface area contributed by atoms with E-state index in [4.69, 9.17) is 4.74 Å². The largest absolute Gasteiger partial charge is 0.480 e. The van der Waals surface area contributed by atoms with Crippen LogP contribution in [-0.2, 0) is 16.0 Å². The number of likely N-dealkylation sites (N-methyl/N-ethyl adjacent to an activating group) is 2. The van der Waals surface area contributed by atoms with Gasteiger partial charge in [0.15, 0.2) is 0 Å². The molecule has 0 saturated carbocycles. The number of benzene rings is 1. The molecule has 1 fully saturated rings. The minimum absolute atomic E-state index is 0.197. The Morgan fingerprint density at radius 2 is 1.80 bits per heavy atom. The topological polar surface area (TPSA) is 83.0 Å². The zero-order chi connectivity index (χ0) is 25.3. The Bertz CT molecular complexity index is 1130. The van der Waals surface area contributed by atoms with Crippen molar-refractivity contribution in [3.05, 3.63) is 52.8 Å². The summed E-state index contributed by atoms with van der Waals surface area (Å²) < 4.78 is 18.6. The van der Waals surface area contributed by atoms with Gasteiger partial charge in [-0.15, -0.1) is 0 Å². The highest BCUT2D eigenvalue weighted by Crippen LogP contribution is 2.38. The number of nitrogens with zero attached hydrogens (tertiary/aromatic N) is 4. The van der Waals surface area contributed by atoms with Crippen molar-refractivity contribution in [2.24, 2.45) is 5.92 Å². The van der Waals surface area contributed by atoms with Crippen molar-refractivity contribution in [3.8, 4) is 5.88 Å². The van der Waals surface area contributed by atoms with Gasteiger partial charge in [-0.1, -0.05) is 12.1 Å². The number of hydrogen-bond donors (Lipinski definition) is 0. The molecule has 1 atom stereocenters. The van der Waals surface area contributed by atoms with Crippen molar-refractivity contribution in [1.82, 2.24) is 14.8 Å². The molecular weight excluding hydrogens is 451 g/mol. The average Bonchev–Trinajstić information content (AvgIpc) is 3.19. The first-order chi connectivity index (χ1) is 16.7. The molecule has 35 heavy (non-hydrogen) atoms. The van der Waals surface area contributed by atoms with Crippen LogP contribution in [0.2, 0.25) is 0 Å². The average molecular weight is 483 g/mol. The van der Waals surface area contributed by atoms with E-state index in [1.807, 2.05) is 12.1 Å². The molecule has 0 radical (unpaired) electrons. The number of likely N-dealkylation sites (tertiary alicyclic amines) is 1. The highest BCUT2D eigenvalue weighted by Gasteiger charge is 2.39. The second-order valence-electron chi connectivity index (χ2n) is 9.52. The fourth-order valence-electron chi connectivity index (χ4n) is 4.89. The first kappa shape index (κ1) is 24.6. The number of hydrogen-bond acceptors (Lipinski definition) is 6. The SMILES string of the molecule is COc1nc2c(cc1C(=O)N1CCC(Cc3ccc(F)cc3)CC1)C(C(=O)C(=O)N(C)C)CN2C. The minimum Gasteiger partial charge on any atom is -0.480 e. The van der Waals surface area contributed by atoms with Gasteiger partial charge in [-0.2, -0.15) is 4.98 Å². The Hall–Kier alpha value is -3.49. The molecule has 1 saturated heterocycles. The number of piperidine rings is 1. The number of fused-ring (bicyclic) bond motifs is 1. The molecule has 0 spiro atoms. The first-order valence-corrected chi connectivity index (χ1v) is 11.8. The molecule has 0 aliphatic carbocycles. The number of methoxy groups -OCH3 is 1. The van der Waals surface area contributed by atoms with E-state index >= 15 is 0 Å². The van der Waals surface area contributed by atoms with E-state index in [9.17, 15) is 18.8 Å². The van der Waals surface area contributed by atoms with Gasteiger partial charge in [-0.05, 0) is 48.9 Å². The van der Waals surface area contributed by atoms with Crippen LogP contribution >= 0.6 is 0 Å². The molecule has 0 bridgehead atoms. The van der Waals surface area contributed by atoms with Crippen molar-refractivity contribution < 1.29 is 23.5 Å². The van der Waals surface area contributed by atoms with Gasteiger partial charge in [0.2, 0.25) is 11.7 Å². The zero-order valence-electron chi connectivity index (χ0n) is 20.6. The minimum atomic E-state index is -0.684. The lowest BCUT2D eigenvalue weighted by Crippen LogP contribution is -2.39. The van der Waals surface area contributed by atoms with Crippen molar-refractivity contribution in [1.29, 1.82) is 0 Å². The number of ketones is 1. The predicted octanol–water partition coefficient (Wildman–Crippen LogP) is 2.51. The van der Waals surface area contributed by atoms with Crippen molar-refractivity contribution in [3.63, 3.8) is 0 Å². The van der Waals surface area contributed by atoms with Gasteiger partial charge >= 0.3 is 0 Å². The quantitative estimate of drug-likeness (QED) is 0.589. The Morgan fingerprint density at radius 1 is 1.14 bits per heavy atom. The van der Waals surface area contributed by atoms with Gasteiger partial charge < -0.3 is 19.4 Å². The maximum Gasteiger partial charge on any atom is 0.290 e. The number of halogens is 1. The number of carbonyl (C=O) groups is 3. The number of aromatic nitrogens is 1. The van der Waals surface area contributed by atoms with Crippen molar-refractivity contribution in [2.45, 2.75) is 25.2 Å². The highest BCUT2D eigenvalue weighted by atomic mass is 19.1. The number of Topliss-reactive ketones (excluding diaryl/α,β-unsaturated/α-hetero) is 1. The fraction of sp³-hybridized carbons (Fsp3) is 0.462. The predicted molar refractivity (Wildman–Crippen MR) is 129 cm³/mol. The highest BCUT2D eigenvalue weighted by molar-refractivity contribution is 6.38. The van der Waals surface area contributed by atoms with Crippen LogP contribution in [0.3, 0.4) is 0 Å². The maximum absolute atomic E-state index is 13.5. The number of ether oxygens (including phenoxy) is 1. The number of carbonyl (C=O) groups excluding carboxylic acids is 3. The normalized spacial score (nSPS) is 17.8. The lowest BCUT2D eigenvalue weighted by atomic mass is 9.90. The fourth-order valence-corrected chi connectivity index (χ4v) is 4.89. The third-order valence-electron chi connectivity index (χ3n) is 6.89. The Morgan fingerprint density at radius 3 is 2.40 bits per heavy atom. The summed E-state index contributed by atoms with van der Waals surface area (Å²) in [7, 11) is 6.35. The van der Waals surface area contributed by atoms with Crippen LogP contribution in [0, 0.1) is 11.7 Å². The second-order valence-corrected chi connectivity index (χ2v) is 9.52. The Kier molecular flexibility index (Phi) is 7.05. The van der Waals surface area contributed by atoms with E-state index in [0.29, 0.717) is 42.5 Å². The summed E-state index contributed by atoms with van der Waals surface area (Å²) in [6.07, 6.45) is 2.53. The number of anilines is 1. The van der Waals surface area contributed by atoms with E-state index in [2.05, 4.69) is 4.98 Å². The summed E-state index contributed by atoms with van der Waals surface area (Å²) in [6, 6.07) is 8.24. The summed E-state index contributed by atoms with van der Waals surface area (Å²) in [5, 5.41) is 0. The Balaban J connectivity index is 1.51. The lowest BCUT2D eigenvalue weighted by Gasteiger charge is -2.32. The van der Waals surface area contributed by atoms with Gasteiger partial charge in [-0.3, -0.25) is 14.4 Å². The summed E-state index contributed by atoms with van der Waals surface area (Å²) in [6.45, 7) is 1.49. The number of rotatable bonds is 6. The molecule has 0 N–H and O–H groups in total. The molecule has 9 heteroatoms. The van der Waals surface area contributed by atoms with E-state index in [1.54, 1.807) is 37.0 Å². The third-order valence-corrected chi connectivity index (χ3v) is 6.89. The summed E-state index contributed by atoms with van der Waals surface area (Å²) in [5.41, 5.74) is 1.96. The van der Waals surface area contributed by atoms with Crippen molar-refractivity contribution in [2.75, 3.05) is 52.8 Å². The van der Waals surface area contributed by atoms with Crippen LogP contribution in [-0.4, -0.2) is 80.3 Å². The smallest absolute Gasteiger partial charge is 0.290 e. The van der Waals surface area contributed by atoms with Gasteiger partial charge in [0.05, 0.1) is 13.0 Å². The standard InChI is InChI=1S/C26H31FN4O4/c1-29(2)26(34)22(32)21-15-30(3)23-19(21)14-20(24(28-23)35-4)25(33)31-11-9-17(10-12-31)13-16-5-7-18(27)8-6-16/h5-8,14,17,21H,9-13,15H2,1-4H3. The molecule has 8 nitrogen and oxygen atoms in total. The molecule has 186 valence electrons. The van der Waals surface area contributed by atoms with Crippen LogP contribution in [0.15, 0.2) is 30.3 Å². The van der Waals surface area contributed by atoms with Crippen LogP contribution in [0.1, 0.15) is 40.2 Å². The van der Waals surface area contributed by atoms with Gasteiger partial charge in [0.1, 0.15) is 17.2 Å². The van der Waals surface area contributed by atoms with Crippen LogP contribution in [0.25, 0.3) is 0 Å². The third kappa shape index (κ3) is 4.99. The van der Waals surface area contributed by atoms with Gasteiger partial charge in [-0.25, -0.2) is 4.39 Å². The second kappa shape index (κ2) is 10.0. The molecule has 2 aliphatic rings. The number of amides is 2. The number of pyridine rings is 1. The van der Waals surface area contributed by atoms with Crippen molar-refractivity contribution >= 4 is 23.4 Å². The molecule has 3 heterocycles. The summed E-state index contributed by atoms with van der Waals surface area (Å²) >= 11 is 0. The van der Waals surface area contributed by atoms with Gasteiger partial charge in [0, 0.05) is 46.3 Å². The maximum atomic E-state index is 13.5. The van der Waals surface area contributed by atoms with E-state index in [-0.39, 0.29) is 17.6 Å². The summed E-state index contributed by atoms with van der Waals surface area (Å²) in [4.78, 5) is 48.0. The first-order valence-electron chi connectivity index (χ1n) is 11.8. The van der Waals surface area contributed by atoms with Crippen LogP contribution < -0.4 is 9.64 Å². The van der Waals surface area contributed by atoms with Crippen LogP contribution in [0.5, 0.6) is 5.88 Å². The van der Waals surface area contributed by atoms with E-state index in [1.165, 1.54) is 24.1 Å². The molecule has 2 amide bonds. The lowest BCUT2D eigenvalue weighted by molar-refractivity contribution is -0.143. The van der Waals surface area contributed by atoms with E-state index in [0.717, 1.165) is 24.8 Å².